The van der Waals surface area contributed by atoms with Crippen molar-refractivity contribution < 1.29 is 18.6 Å². The van der Waals surface area contributed by atoms with Gasteiger partial charge in [0.2, 0.25) is 0 Å². The first kappa shape index (κ1) is 25.6. The van der Waals surface area contributed by atoms with Crippen LogP contribution < -0.4 is 0 Å². The molecule has 174 valence electrons. The van der Waals surface area contributed by atoms with Gasteiger partial charge in [-0.1, -0.05) is 71.0 Å². The van der Waals surface area contributed by atoms with E-state index in [2.05, 4.69) is 52.6 Å². The SMILES string of the molecule is C[N+](C)(C)CCCO/N=C(/C(=N/OCCC[N+](C)(C)C)c1ccccc1)c1ccccc1. The molecule has 0 saturated carbocycles. The van der Waals surface area contributed by atoms with E-state index in [1.165, 1.54) is 0 Å². The molecular weight excluding hydrogens is 400 g/mol. The Kier molecular flexibility index (Phi) is 9.88. The van der Waals surface area contributed by atoms with Gasteiger partial charge in [-0.3, -0.25) is 0 Å². The summed E-state index contributed by atoms with van der Waals surface area (Å²) < 4.78 is 1.80. The molecule has 0 fully saturated rings. The first-order valence-electron chi connectivity index (χ1n) is 11.3. The van der Waals surface area contributed by atoms with Gasteiger partial charge in [0, 0.05) is 24.0 Å². The van der Waals surface area contributed by atoms with Gasteiger partial charge in [0.05, 0.1) is 55.4 Å². The van der Waals surface area contributed by atoms with Crippen LogP contribution >= 0.6 is 0 Å². The summed E-state index contributed by atoms with van der Waals surface area (Å²) >= 11 is 0. The van der Waals surface area contributed by atoms with Gasteiger partial charge in [-0.2, -0.15) is 0 Å². The van der Waals surface area contributed by atoms with Gasteiger partial charge in [0.1, 0.15) is 24.6 Å². The van der Waals surface area contributed by atoms with Crippen molar-refractivity contribution in [2.24, 2.45) is 10.3 Å². The summed E-state index contributed by atoms with van der Waals surface area (Å²) in [5.74, 6) is 0. The van der Waals surface area contributed by atoms with Gasteiger partial charge >= 0.3 is 0 Å². The summed E-state index contributed by atoms with van der Waals surface area (Å²) in [6.07, 6.45) is 1.85. The van der Waals surface area contributed by atoms with Gasteiger partial charge in [-0.15, -0.1) is 0 Å². The molecule has 0 aliphatic carbocycles. The molecule has 0 bridgehead atoms. The van der Waals surface area contributed by atoms with Gasteiger partial charge < -0.3 is 18.6 Å². The topological polar surface area (TPSA) is 43.2 Å². The fraction of sp³-hybridized carbons (Fsp3) is 0.462. The van der Waals surface area contributed by atoms with E-state index >= 15 is 0 Å². The molecule has 0 aromatic heterocycles. The van der Waals surface area contributed by atoms with Crippen LogP contribution in [0, 0.1) is 0 Å². The highest BCUT2D eigenvalue weighted by Gasteiger charge is 2.17. The van der Waals surface area contributed by atoms with Gasteiger partial charge in [-0.25, -0.2) is 0 Å². The smallest absolute Gasteiger partial charge is 0.139 e. The van der Waals surface area contributed by atoms with Crippen LogP contribution in [0.3, 0.4) is 0 Å². The Bertz CT molecular complexity index is 777. The molecular formula is C26H40N4O2+2. The monoisotopic (exact) mass is 440 g/mol. The fourth-order valence-corrected chi connectivity index (χ4v) is 3.08. The van der Waals surface area contributed by atoms with E-state index in [1.54, 1.807) is 0 Å². The zero-order chi connectivity index (χ0) is 23.5. The maximum absolute atomic E-state index is 5.76. The number of nitrogens with zero attached hydrogens (tertiary/aromatic N) is 4. The molecule has 2 aromatic carbocycles. The number of oxime groups is 2. The number of quaternary nitrogens is 2. The van der Waals surface area contributed by atoms with Gasteiger partial charge in [-0.05, 0) is 0 Å². The standard InChI is InChI=1S/C26H40N4O2/c1-29(2,3)19-13-21-31-27-25(23-15-9-7-10-16-23)26(24-17-11-8-12-18-24)28-32-22-14-20-30(4,5)6/h7-12,15-18H,13-14,19-22H2,1-6H3/q+2/b27-25+,28-26+. The molecule has 0 amide bonds. The van der Waals surface area contributed by atoms with Gasteiger partial charge in [0.15, 0.2) is 0 Å². The average molecular weight is 441 g/mol. The molecule has 2 aromatic rings. The van der Waals surface area contributed by atoms with Crippen LogP contribution in [0.1, 0.15) is 24.0 Å². The highest BCUT2D eigenvalue weighted by Crippen LogP contribution is 2.12. The molecule has 0 N–H and O–H groups in total. The Morgan fingerprint density at radius 1 is 0.594 bits per heavy atom. The summed E-state index contributed by atoms with van der Waals surface area (Å²) in [6.45, 7) is 3.15. The number of benzene rings is 2. The van der Waals surface area contributed by atoms with Crippen molar-refractivity contribution in [1.29, 1.82) is 0 Å². The molecule has 0 aliphatic heterocycles. The van der Waals surface area contributed by atoms with Crippen LogP contribution in [0.25, 0.3) is 0 Å². The maximum atomic E-state index is 5.76. The zero-order valence-electron chi connectivity index (χ0n) is 20.6. The minimum atomic E-state index is 0.554. The Labute approximate surface area is 193 Å². The number of hydrogen-bond acceptors (Lipinski definition) is 4. The van der Waals surface area contributed by atoms with Crippen LogP contribution in [0.15, 0.2) is 71.0 Å². The van der Waals surface area contributed by atoms with Crippen molar-refractivity contribution in [3.8, 4) is 0 Å². The summed E-state index contributed by atoms with van der Waals surface area (Å²) in [4.78, 5) is 11.5. The minimum absolute atomic E-state index is 0.554. The molecule has 6 heteroatoms. The highest BCUT2D eigenvalue weighted by molar-refractivity contribution is 6.53. The summed E-state index contributed by atoms with van der Waals surface area (Å²) in [7, 11) is 13.1. The Morgan fingerprint density at radius 3 is 1.25 bits per heavy atom. The van der Waals surface area contributed by atoms with Crippen molar-refractivity contribution in [2.75, 3.05) is 68.6 Å². The Morgan fingerprint density at radius 2 is 0.938 bits per heavy atom. The van der Waals surface area contributed by atoms with Crippen LogP contribution in [-0.2, 0) is 9.68 Å². The molecule has 0 saturated heterocycles. The van der Waals surface area contributed by atoms with Gasteiger partial charge in [0.25, 0.3) is 0 Å². The number of rotatable bonds is 13. The summed E-state index contributed by atoms with van der Waals surface area (Å²) in [5.41, 5.74) is 3.23. The van der Waals surface area contributed by atoms with E-state index in [9.17, 15) is 0 Å². The van der Waals surface area contributed by atoms with Crippen LogP contribution in [0.4, 0.5) is 0 Å². The molecule has 32 heavy (non-hydrogen) atoms. The Hall–Kier alpha value is -2.70. The minimum Gasteiger partial charge on any atom is -0.395 e. The second-order valence-electron chi connectivity index (χ2n) is 10.0. The third-order valence-electron chi connectivity index (χ3n) is 4.76. The van der Waals surface area contributed by atoms with E-state index in [-0.39, 0.29) is 0 Å². The first-order valence-corrected chi connectivity index (χ1v) is 11.3. The van der Waals surface area contributed by atoms with Crippen LogP contribution in [-0.4, -0.2) is 89.0 Å². The lowest BCUT2D eigenvalue weighted by molar-refractivity contribution is -0.870. The normalized spacial score (nSPS) is 13.2. The third kappa shape index (κ3) is 10.1. The molecule has 0 unspecified atom stereocenters. The summed E-state index contributed by atoms with van der Waals surface area (Å²) in [5, 5.41) is 9.05. The van der Waals surface area contributed by atoms with Crippen molar-refractivity contribution in [3.63, 3.8) is 0 Å². The lowest BCUT2D eigenvalue weighted by atomic mass is 10.00. The molecule has 0 radical (unpaired) electrons. The third-order valence-corrected chi connectivity index (χ3v) is 4.76. The van der Waals surface area contributed by atoms with Crippen LogP contribution in [0.2, 0.25) is 0 Å². The molecule has 0 heterocycles. The van der Waals surface area contributed by atoms with Crippen molar-refractivity contribution in [2.45, 2.75) is 12.8 Å². The van der Waals surface area contributed by atoms with E-state index in [0.29, 0.717) is 24.6 Å². The predicted octanol–water partition coefficient (Wildman–Crippen LogP) is 4.02. The predicted molar refractivity (Wildman–Crippen MR) is 133 cm³/mol. The number of hydrogen-bond donors (Lipinski definition) is 0. The molecule has 0 aliphatic rings. The van der Waals surface area contributed by atoms with Crippen molar-refractivity contribution in [3.05, 3.63) is 71.8 Å². The van der Waals surface area contributed by atoms with Crippen molar-refractivity contribution >= 4 is 11.4 Å². The zero-order valence-corrected chi connectivity index (χ0v) is 20.6. The lowest BCUT2D eigenvalue weighted by Crippen LogP contribution is -2.35. The largest absolute Gasteiger partial charge is 0.395 e. The quantitative estimate of drug-likeness (QED) is 0.204. The first-order chi connectivity index (χ1) is 15.2. The van der Waals surface area contributed by atoms with E-state index in [0.717, 1.165) is 46.0 Å². The molecule has 6 nitrogen and oxygen atoms in total. The fourth-order valence-electron chi connectivity index (χ4n) is 3.08. The lowest BCUT2D eigenvalue weighted by Gasteiger charge is -2.23. The van der Waals surface area contributed by atoms with E-state index in [1.807, 2.05) is 60.7 Å². The second-order valence-corrected chi connectivity index (χ2v) is 10.0. The molecule has 0 atom stereocenters. The Balaban J connectivity index is 2.24. The second kappa shape index (κ2) is 12.4. The average Bonchev–Trinajstić information content (AvgIpc) is 2.74. The van der Waals surface area contributed by atoms with E-state index in [4.69, 9.17) is 9.68 Å². The molecule has 2 rings (SSSR count). The van der Waals surface area contributed by atoms with E-state index < -0.39 is 0 Å². The highest BCUT2D eigenvalue weighted by atomic mass is 16.6. The summed E-state index contributed by atoms with van der Waals surface area (Å²) in [6, 6.07) is 20.0. The van der Waals surface area contributed by atoms with Crippen molar-refractivity contribution in [1.82, 2.24) is 0 Å². The molecule has 0 spiro atoms. The van der Waals surface area contributed by atoms with Crippen LogP contribution in [0.5, 0.6) is 0 Å². The maximum Gasteiger partial charge on any atom is 0.139 e.